The molecule has 0 unspecified atom stereocenters. The van der Waals surface area contributed by atoms with E-state index in [4.69, 9.17) is 0 Å². The van der Waals surface area contributed by atoms with Crippen LogP contribution >= 0.6 is 11.8 Å². The second-order valence-electron chi connectivity index (χ2n) is 11.8. The highest BCUT2D eigenvalue weighted by molar-refractivity contribution is 7.98. The molecule has 0 aliphatic carbocycles. The minimum Gasteiger partial charge on any atom is -0.480 e. The highest BCUT2D eigenvalue weighted by atomic mass is 32.2. The van der Waals surface area contributed by atoms with E-state index in [1.54, 1.807) is 43.5 Å². The molecule has 1 aromatic rings. The molecule has 3 rings (SSSR count). The molecule has 2 aliphatic heterocycles. The summed E-state index contributed by atoms with van der Waals surface area (Å²) in [4.78, 5) is 81.4. The quantitative estimate of drug-likeness (QED) is 0.177. The van der Waals surface area contributed by atoms with E-state index in [2.05, 4.69) is 5.32 Å². The Morgan fingerprint density at radius 3 is 1.72 bits per heavy atom. The van der Waals surface area contributed by atoms with Crippen LogP contribution in [0.2, 0.25) is 0 Å². The minimum absolute atomic E-state index is 0.0406. The van der Waals surface area contributed by atoms with Gasteiger partial charge in [-0.25, -0.2) is 0 Å². The molecule has 47 heavy (non-hydrogen) atoms. The lowest BCUT2D eigenvalue weighted by atomic mass is 9.93. The standard InChI is InChI=1S/C31H46N6O9S/c1-47-16-6-24(22-38)32-31(46)26-4-2-3-23-17-37(7-5-25(23)26)27(39)18-33-8-10-34(19-28(40)41)12-14-36(21-30(44)45)15-13-35(11-9-33)20-29(42)43/h2-4,22,24H,5-21H2,1H3,(H,32,46)(H,40,41)(H,42,43)(H,44,45)/t24-/m0/s1. The molecule has 0 bridgehead atoms. The number of carbonyl (C=O) groups is 6. The van der Waals surface area contributed by atoms with Crippen molar-refractivity contribution in [1.82, 2.24) is 29.8 Å². The van der Waals surface area contributed by atoms with Crippen LogP contribution in [0.5, 0.6) is 0 Å². The molecule has 0 spiro atoms. The normalized spacial score (nSPS) is 18.3. The fourth-order valence-corrected chi connectivity index (χ4v) is 6.27. The fourth-order valence-electron chi connectivity index (χ4n) is 5.78. The second-order valence-corrected chi connectivity index (χ2v) is 12.8. The van der Waals surface area contributed by atoms with Gasteiger partial charge in [-0.2, -0.15) is 11.8 Å². The third-order valence-electron chi connectivity index (χ3n) is 8.34. The number of thioether (sulfide) groups is 1. The van der Waals surface area contributed by atoms with E-state index in [0.29, 0.717) is 83.9 Å². The Hall–Kier alpha value is -3.57. The van der Waals surface area contributed by atoms with Crippen molar-refractivity contribution in [1.29, 1.82) is 0 Å². The monoisotopic (exact) mass is 678 g/mol. The lowest BCUT2D eigenvalue weighted by Gasteiger charge is -2.35. The smallest absolute Gasteiger partial charge is 0.317 e. The van der Waals surface area contributed by atoms with Crippen LogP contribution in [0.1, 0.15) is 27.9 Å². The van der Waals surface area contributed by atoms with Crippen molar-refractivity contribution in [2.75, 3.05) is 97.1 Å². The number of benzene rings is 1. The largest absolute Gasteiger partial charge is 0.480 e. The van der Waals surface area contributed by atoms with Crippen molar-refractivity contribution < 1.29 is 44.1 Å². The Labute approximate surface area is 278 Å². The van der Waals surface area contributed by atoms with Crippen LogP contribution in [0.4, 0.5) is 0 Å². The maximum absolute atomic E-state index is 13.6. The van der Waals surface area contributed by atoms with Crippen LogP contribution < -0.4 is 5.32 Å². The number of fused-ring (bicyclic) bond motifs is 1. The van der Waals surface area contributed by atoms with E-state index < -0.39 is 23.9 Å². The molecule has 0 aromatic heterocycles. The van der Waals surface area contributed by atoms with Gasteiger partial charge in [0.05, 0.1) is 32.2 Å². The summed E-state index contributed by atoms with van der Waals surface area (Å²) in [5.41, 5.74) is 2.19. The van der Waals surface area contributed by atoms with Gasteiger partial charge >= 0.3 is 17.9 Å². The highest BCUT2D eigenvalue weighted by Gasteiger charge is 2.27. The number of hydrogen-bond acceptors (Lipinski definition) is 11. The molecule has 16 heteroatoms. The molecule has 2 aliphatic rings. The average Bonchev–Trinajstić information content (AvgIpc) is 3.02. The summed E-state index contributed by atoms with van der Waals surface area (Å²) in [5.74, 6) is -2.77. The summed E-state index contributed by atoms with van der Waals surface area (Å²) >= 11 is 1.60. The third kappa shape index (κ3) is 12.9. The Kier molecular flexibility index (Phi) is 15.6. The number of amides is 2. The lowest BCUT2D eigenvalue weighted by Crippen LogP contribution is -2.50. The predicted molar refractivity (Wildman–Crippen MR) is 175 cm³/mol. The summed E-state index contributed by atoms with van der Waals surface area (Å²) in [6.45, 7) is 2.53. The zero-order chi connectivity index (χ0) is 34.3. The van der Waals surface area contributed by atoms with Gasteiger partial charge in [0.15, 0.2) is 0 Å². The van der Waals surface area contributed by atoms with Crippen LogP contribution in [0.15, 0.2) is 18.2 Å². The number of rotatable bonds is 14. The van der Waals surface area contributed by atoms with Gasteiger partial charge in [-0.15, -0.1) is 0 Å². The number of hydrogen-bond donors (Lipinski definition) is 4. The Morgan fingerprint density at radius 2 is 1.28 bits per heavy atom. The molecule has 1 atom stereocenters. The number of carboxylic acid groups (broad SMARTS) is 3. The Morgan fingerprint density at radius 1 is 0.787 bits per heavy atom. The topological polar surface area (TPSA) is 191 Å². The van der Waals surface area contributed by atoms with Gasteiger partial charge in [0.1, 0.15) is 6.29 Å². The molecule has 2 amide bonds. The van der Waals surface area contributed by atoms with Gasteiger partial charge in [-0.05, 0) is 42.0 Å². The van der Waals surface area contributed by atoms with E-state index in [1.165, 1.54) is 0 Å². The van der Waals surface area contributed by atoms with Crippen molar-refractivity contribution in [3.63, 3.8) is 0 Å². The van der Waals surface area contributed by atoms with E-state index in [1.807, 2.05) is 17.2 Å². The molecule has 1 fully saturated rings. The molecule has 0 saturated carbocycles. The minimum atomic E-state index is -1.02. The van der Waals surface area contributed by atoms with Crippen LogP contribution in [0, 0.1) is 0 Å². The van der Waals surface area contributed by atoms with Crippen LogP contribution in [0.3, 0.4) is 0 Å². The van der Waals surface area contributed by atoms with Gasteiger partial charge in [-0.3, -0.25) is 43.6 Å². The maximum atomic E-state index is 13.6. The summed E-state index contributed by atoms with van der Waals surface area (Å²) in [6, 6.07) is 4.80. The molecule has 15 nitrogen and oxygen atoms in total. The first-order valence-corrected chi connectivity index (χ1v) is 17.1. The number of nitrogens with one attached hydrogen (secondary N) is 1. The first-order valence-electron chi connectivity index (χ1n) is 15.7. The highest BCUT2D eigenvalue weighted by Crippen LogP contribution is 2.23. The second kappa shape index (κ2) is 19.3. The predicted octanol–water partition coefficient (Wildman–Crippen LogP) is -0.903. The molecular weight excluding hydrogens is 632 g/mol. The van der Waals surface area contributed by atoms with Crippen molar-refractivity contribution in [3.8, 4) is 0 Å². The van der Waals surface area contributed by atoms with Crippen LogP contribution in [-0.2, 0) is 36.9 Å². The molecule has 0 radical (unpaired) electrons. The van der Waals surface area contributed by atoms with E-state index in [0.717, 1.165) is 23.2 Å². The first-order chi connectivity index (χ1) is 22.5. The average molecular weight is 679 g/mol. The van der Waals surface area contributed by atoms with E-state index in [9.17, 15) is 44.1 Å². The van der Waals surface area contributed by atoms with Gasteiger partial charge in [0.25, 0.3) is 5.91 Å². The Balaban J connectivity index is 1.71. The molecule has 260 valence electrons. The fraction of sp³-hybridized carbons (Fsp3) is 0.613. The molecule has 4 N–H and O–H groups in total. The molecule has 2 heterocycles. The van der Waals surface area contributed by atoms with Crippen molar-refractivity contribution >= 4 is 47.8 Å². The third-order valence-corrected chi connectivity index (χ3v) is 8.99. The molecule has 1 saturated heterocycles. The van der Waals surface area contributed by atoms with Gasteiger partial charge in [0.2, 0.25) is 5.91 Å². The Bertz CT molecular complexity index is 1240. The zero-order valence-corrected chi connectivity index (χ0v) is 27.7. The van der Waals surface area contributed by atoms with Crippen molar-refractivity contribution in [2.24, 2.45) is 0 Å². The summed E-state index contributed by atoms with van der Waals surface area (Å²) < 4.78 is 0. The number of carboxylic acids is 3. The van der Waals surface area contributed by atoms with E-state index in [-0.39, 0.29) is 38.0 Å². The summed E-state index contributed by atoms with van der Waals surface area (Å²) in [5, 5.41) is 31.1. The van der Waals surface area contributed by atoms with Gasteiger partial charge < -0.3 is 30.3 Å². The molecular formula is C31H46N6O9S. The first kappa shape index (κ1) is 37.9. The summed E-state index contributed by atoms with van der Waals surface area (Å²) in [7, 11) is 0. The molecule has 1 aromatic carbocycles. The zero-order valence-electron chi connectivity index (χ0n) is 26.8. The number of nitrogens with zero attached hydrogens (tertiary/aromatic N) is 5. The van der Waals surface area contributed by atoms with E-state index >= 15 is 0 Å². The van der Waals surface area contributed by atoms with Crippen LogP contribution in [-0.4, -0.2) is 179 Å². The van der Waals surface area contributed by atoms with Crippen molar-refractivity contribution in [3.05, 3.63) is 34.9 Å². The van der Waals surface area contributed by atoms with Gasteiger partial charge in [0, 0.05) is 71.0 Å². The number of aliphatic carboxylic acids is 3. The van der Waals surface area contributed by atoms with Crippen LogP contribution in [0.25, 0.3) is 0 Å². The lowest BCUT2D eigenvalue weighted by molar-refractivity contribution is -0.140. The maximum Gasteiger partial charge on any atom is 0.317 e. The number of carbonyl (C=O) groups excluding carboxylic acids is 3. The SMILES string of the molecule is CSCC[C@@H](C=O)NC(=O)c1cccc2c1CCN(C(=O)CN1CCN(CC(=O)O)CCN(CC(=O)O)CCN(CC(=O)O)CC1)C2. The van der Waals surface area contributed by atoms with Crippen molar-refractivity contribution in [2.45, 2.75) is 25.4 Å². The summed E-state index contributed by atoms with van der Waals surface area (Å²) in [6.07, 6.45) is 3.69. The number of aldehydes is 1. The van der Waals surface area contributed by atoms with Gasteiger partial charge in [-0.1, -0.05) is 12.1 Å².